The van der Waals surface area contributed by atoms with E-state index >= 15 is 0 Å². The lowest BCUT2D eigenvalue weighted by atomic mass is 9.86. The van der Waals surface area contributed by atoms with Crippen molar-refractivity contribution in [1.29, 1.82) is 0 Å². The standard InChI is InChI=1S/C19H25NO5/c1-13-4-6-14(7-5-13)16-15(3-2-12-25-16)17(21)20-10-8-19(24,9-11-20)18(22)23/h4-7,15-16,24H,2-3,8-12H2,1H3,(H,22,23). The van der Waals surface area contributed by atoms with Gasteiger partial charge in [-0.3, -0.25) is 4.79 Å². The van der Waals surface area contributed by atoms with Crippen molar-refractivity contribution in [3.8, 4) is 0 Å². The summed E-state index contributed by atoms with van der Waals surface area (Å²) in [7, 11) is 0. The Morgan fingerprint density at radius 1 is 1.20 bits per heavy atom. The number of nitrogens with zero attached hydrogens (tertiary/aromatic N) is 1. The van der Waals surface area contributed by atoms with E-state index in [9.17, 15) is 14.7 Å². The van der Waals surface area contributed by atoms with Crippen LogP contribution < -0.4 is 0 Å². The summed E-state index contributed by atoms with van der Waals surface area (Å²) in [6, 6.07) is 8.04. The zero-order valence-corrected chi connectivity index (χ0v) is 14.5. The molecule has 2 heterocycles. The van der Waals surface area contributed by atoms with Gasteiger partial charge in [-0.25, -0.2) is 4.79 Å². The maximum Gasteiger partial charge on any atom is 0.335 e. The minimum Gasteiger partial charge on any atom is -0.479 e. The normalized spacial score (nSPS) is 26.2. The Labute approximate surface area is 147 Å². The van der Waals surface area contributed by atoms with Crippen LogP contribution in [0.3, 0.4) is 0 Å². The number of carbonyl (C=O) groups excluding carboxylic acids is 1. The molecule has 25 heavy (non-hydrogen) atoms. The molecule has 0 bridgehead atoms. The molecule has 0 aromatic heterocycles. The molecular formula is C19H25NO5. The SMILES string of the molecule is Cc1ccc(C2OCCCC2C(=O)N2CCC(O)(C(=O)O)CC2)cc1. The van der Waals surface area contributed by atoms with Gasteiger partial charge in [-0.1, -0.05) is 29.8 Å². The molecule has 2 fully saturated rings. The van der Waals surface area contributed by atoms with E-state index in [2.05, 4.69) is 0 Å². The van der Waals surface area contributed by atoms with E-state index in [0.29, 0.717) is 6.61 Å². The summed E-state index contributed by atoms with van der Waals surface area (Å²) in [5, 5.41) is 19.2. The molecule has 136 valence electrons. The molecule has 0 radical (unpaired) electrons. The summed E-state index contributed by atoms with van der Waals surface area (Å²) in [5.41, 5.74) is 0.449. The Bertz CT molecular complexity index is 634. The topological polar surface area (TPSA) is 87.1 Å². The largest absolute Gasteiger partial charge is 0.479 e. The van der Waals surface area contributed by atoms with E-state index in [1.54, 1.807) is 4.90 Å². The van der Waals surface area contributed by atoms with E-state index in [0.717, 1.165) is 24.0 Å². The molecule has 2 saturated heterocycles. The van der Waals surface area contributed by atoms with Gasteiger partial charge >= 0.3 is 5.97 Å². The van der Waals surface area contributed by atoms with Crippen LogP contribution in [0.15, 0.2) is 24.3 Å². The number of ether oxygens (including phenoxy) is 1. The lowest BCUT2D eigenvalue weighted by molar-refractivity contribution is -0.167. The van der Waals surface area contributed by atoms with E-state index < -0.39 is 11.6 Å². The highest BCUT2D eigenvalue weighted by molar-refractivity contribution is 5.81. The summed E-state index contributed by atoms with van der Waals surface area (Å²) in [4.78, 5) is 25.8. The van der Waals surface area contributed by atoms with E-state index in [1.165, 1.54) is 0 Å². The van der Waals surface area contributed by atoms with Gasteiger partial charge in [-0.05, 0) is 25.3 Å². The molecule has 2 aliphatic heterocycles. The van der Waals surface area contributed by atoms with Gasteiger partial charge in [-0.2, -0.15) is 0 Å². The molecule has 6 heteroatoms. The summed E-state index contributed by atoms with van der Waals surface area (Å²) >= 11 is 0. The number of hydrogen-bond acceptors (Lipinski definition) is 4. The number of rotatable bonds is 3. The van der Waals surface area contributed by atoms with Crippen molar-refractivity contribution >= 4 is 11.9 Å². The number of benzene rings is 1. The third kappa shape index (κ3) is 3.70. The van der Waals surface area contributed by atoms with Crippen LogP contribution in [0.5, 0.6) is 0 Å². The molecule has 6 nitrogen and oxygen atoms in total. The first-order valence-electron chi connectivity index (χ1n) is 8.83. The van der Waals surface area contributed by atoms with Gasteiger partial charge in [-0.15, -0.1) is 0 Å². The highest BCUT2D eigenvalue weighted by Crippen LogP contribution is 2.36. The summed E-state index contributed by atoms with van der Waals surface area (Å²) in [5.74, 6) is -1.47. The number of aryl methyl sites for hydroxylation is 1. The first kappa shape index (κ1) is 17.9. The lowest BCUT2D eigenvalue weighted by Gasteiger charge is -2.39. The predicted octanol–water partition coefficient (Wildman–Crippen LogP) is 1.90. The van der Waals surface area contributed by atoms with Crippen LogP contribution in [0.25, 0.3) is 0 Å². The Morgan fingerprint density at radius 2 is 1.84 bits per heavy atom. The van der Waals surface area contributed by atoms with Crippen molar-refractivity contribution in [2.75, 3.05) is 19.7 Å². The molecule has 1 aromatic rings. The molecule has 2 atom stereocenters. The Hall–Kier alpha value is -1.92. The molecule has 1 aromatic carbocycles. The van der Waals surface area contributed by atoms with Crippen LogP contribution in [0.2, 0.25) is 0 Å². The monoisotopic (exact) mass is 347 g/mol. The number of hydrogen-bond donors (Lipinski definition) is 2. The summed E-state index contributed by atoms with van der Waals surface area (Å²) in [6.45, 7) is 3.18. The minimum atomic E-state index is -1.71. The Balaban J connectivity index is 1.71. The highest BCUT2D eigenvalue weighted by Gasteiger charge is 2.43. The van der Waals surface area contributed by atoms with Gasteiger partial charge in [0.1, 0.15) is 0 Å². The Kier molecular flexibility index (Phi) is 5.11. The van der Waals surface area contributed by atoms with Crippen LogP contribution in [0.4, 0.5) is 0 Å². The molecule has 2 N–H and O–H groups in total. The first-order chi connectivity index (χ1) is 11.9. The molecule has 3 rings (SSSR count). The second-order valence-corrected chi connectivity index (χ2v) is 7.11. The highest BCUT2D eigenvalue weighted by atomic mass is 16.5. The Morgan fingerprint density at radius 3 is 2.44 bits per heavy atom. The molecule has 0 spiro atoms. The van der Waals surface area contributed by atoms with Crippen molar-refractivity contribution in [2.45, 2.75) is 44.3 Å². The van der Waals surface area contributed by atoms with Crippen molar-refractivity contribution < 1.29 is 24.5 Å². The zero-order valence-electron chi connectivity index (χ0n) is 14.5. The summed E-state index contributed by atoms with van der Waals surface area (Å²) < 4.78 is 5.92. The number of carbonyl (C=O) groups is 2. The number of piperidine rings is 1. The lowest BCUT2D eigenvalue weighted by Crippen LogP contribution is -2.52. The number of aliphatic hydroxyl groups is 1. The molecule has 0 saturated carbocycles. The van der Waals surface area contributed by atoms with Gasteiger partial charge in [0, 0.05) is 32.5 Å². The van der Waals surface area contributed by atoms with Gasteiger partial charge < -0.3 is 19.8 Å². The van der Waals surface area contributed by atoms with Crippen molar-refractivity contribution in [1.82, 2.24) is 4.90 Å². The maximum atomic E-state index is 13.0. The van der Waals surface area contributed by atoms with E-state index in [-0.39, 0.29) is 43.9 Å². The third-order valence-corrected chi connectivity index (χ3v) is 5.35. The number of carboxylic acids is 1. The fourth-order valence-electron chi connectivity index (χ4n) is 3.66. The van der Waals surface area contributed by atoms with Crippen molar-refractivity contribution in [3.63, 3.8) is 0 Å². The van der Waals surface area contributed by atoms with Crippen LogP contribution in [0.1, 0.15) is 42.9 Å². The third-order valence-electron chi connectivity index (χ3n) is 5.35. The average molecular weight is 347 g/mol. The quantitative estimate of drug-likeness (QED) is 0.872. The molecule has 1 amide bonds. The number of aliphatic carboxylic acids is 1. The predicted molar refractivity (Wildman–Crippen MR) is 91.0 cm³/mol. The average Bonchev–Trinajstić information content (AvgIpc) is 2.62. The van der Waals surface area contributed by atoms with Gasteiger partial charge in [0.15, 0.2) is 5.60 Å². The second kappa shape index (κ2) is 7.14. The molecular weight excluding hydrogens is 322 g/mol. The first-order valence-corrected chi connectivity index (χ1v) is 8.83. The van der Waals surface area contributed by atoms with Crippen LogP contribution in [-0.2, 0) is 14.3 Å². The number of amides is 1. The van der Waals surface area contributed by atoms with E-state index in [4.69, 9.17) is 9.84 Å². The van der Waals surface area contributed by atoms with Crippen LogP contribution >= 0.6 is 0 Å². The van der Waals surface area contributed by atoms with Gasteiger partial charge in [0.25, 0.3) is 0 Å². The number of likely N-dealkylation sites (tertiary alicyclic amines) is 1. The maximum absolute atomic E-state index is 13.0. The zero-order chi connectivity index (χ0) is 18.0. The molecule has 2 aliphatic rings. The summed E-state index contributed by atoms with van der Waals surface area (Å²) in [6.07, 6.45) is 1.47. The fourth-order valence-corrected chi connectivity index (χ4v) is 3.66. The fraction of sp³-hybridized carbons (Fsp3) is 0.579. The smallest absolute Gasteiger partial charge is 0.335 e. The molecule has 2 unspecified atom stereocenters. The second-order valence-electron chi connectivity index (χ2n) is 7.11. The van der Waals surface area contributed by atoms with Crippen LogP contribution in [-0.4, -0.2) is 52.3 Å². The van der Waals surface area contributed by atoms with Gasteiger partial charge in [0.2, 0.25) is 5.91 Å². The van der Waals surface area contributed by atoms with E-state index in [1.807, 2.05) is 31.2 Å². The molecule has 0 aliphatic carbocycles. The van der Waals surface area contributed by atoms with Crippen molar-refractivity contribution in [3.05, 3.63) is 35.4 Å². The minimum absolute atomic E-state index is 0.00212. The van der Waals surface area contributed by atoms with Crippen molar-refractivity contribution in [2.24, 2.45) is 5.92 Å². The van der Waals surface area contributed by atoms with Crippen LogP contribution in [0, 0.1) is 12.8 Å². The van der Waals surface area contributed by atoms with Gasteiger partial charge in [0.05, 0.1) is 12.0 Å². The number of carboxylic acid groups (broad SMARTS) is 1.